The molecule has 1 saturated heterocycles. The number of nitrogens with zero attached hydrogens (tertiary/aromatic N) is 1. The van der Waals surface area contributed by atoms with Crippen LogP contribution >= 0.6 is 0 Å². The first-order chi connectivity index (χ1) is 20.9. The predicted octanol–water partition coefficient (Wildman–Crippen LogP) is 4.23. The van der Waals surface area contributed by atoms with Crippen LogP contribution in [0.3, 0.4) is 0 Å². The molecule has 0 radical (unpaired) electrons. The van der Waals surface area contributed by atoms with E-state index in [9.17, 15) is 14.7 Å². The van der Waals surface area contributed by atoms with Crippen LogP contribution < -0.4 is 24.3 Å². The van der Waals surface area contributed by atoms with Gasteiger partial charge in [-0.1, -0.05) is 48.2 Å². The fourth-order valence-electron chi connectivity index (χ4n) is 5.64. The Balaban J connectivity index is 1.43. The summed E-state index contributed by atoms with van der Waals surface area (Å²) in [6.07, 6.45) is 4.18. The number of rotatable bonds is 9. The number of hydrogen-bond donors (Lipinski definition) is 0. The van der Waals surface area contributed by atoms with Crippen molar-refractivity contribution < 1.29 is 33.9 Å². The summed E-state index contributed by atoms with van der Waals surface area (Å²) >= 11 is 0. The number of benzene rings is 3. The predicted molar refractivity (Wildman–Crippen MR) is 157 cm³/mol. The van der Waals surface area contributed by atoms with E-state index in [1.165, 1.54) is 4.90 Å². The minimum Gasteiger partial charge on any atom is -0.872 e. The van der Waals surface area contributed by atoms with Gasteiger partial charge in [0.25, 0.3) is 5.91 Å². The largest absolute Gasteiger partial charge is 0.872 e. The molecule has 0 bridgehead atoms. The highest BCUT2D eigenvalue weighted by Crippen LogP contribution is 2.43. The number of ether oxygens (including phenoxy) is 3. The van der Waals surface area contributed by atoms with E-state index in [1.807, 2.05) is 56.3 Å². The number of carbonyl (C=O) groups excluding carboxylic acids is 2. The Hall–Kier alpha value is -5.11. The van der Waals surface area contributed by atoms with Gasteiger partial charge >= 0.3 is 0 Å². The lowest BCUT2D eigenvalue weighted by atomic mass is 9.94. The zero-order valence-corrected chi connectivity index (χ0v) is 24.0. The number of likely N-dealkylation sites (tertiary alicyclic amines) is 1. The molecule has 3 heterocycles. The Morgan fingerprint density at radius 2 is 1.74 bits per heavy atom. The summed E-state index contributed by atoms with van der Waals surface area (Å²) in [5.41, 5.74) is 3.57. The molecule has 2 atom stereocenters. The average Bonchev–Trinajstić information content (AvgIpc) is 3.52. The number of pyridine rings is 1. The van der Waals surface area contributed by atoms with E-state index >= 15 is 0 Å². The van der Waals surface area contributed by atoms with Gasteiger partial charge < -0.3 is 24.2 Å². The standard InChI is InChI=1S/C35H32N2O6/c1-3-41-30-19-25(9-12-29(30)42-21-24-7-5-4-6-8-24)32-31(33(38)26-10-11-28-27(18-26)17-22(2)43-28)34(39)35(40)37(32)20-23-13-15-36-16-14-23/h4-16,18-19,22,32,38H,3,17,20-21H2,1-2H3. The van der Waals surface area contributed by atoms with E-state index in [4.69, 9.17) is 14.2 Å². The second kappa shape index (κ2) is 12.0. The minimum atomic E-state index is -0.914. The van der Waals surface area contributed by atoms with Crippen LogP contribution in [0.15, 0.2) is 96.8 Å². The van der Waals surface area contributed by atoms with E-state index in [2.05, 4.69) is 4.98 Å². The summed E-state index contributed by atoms with van der Waals surface area (Å²) in [7, 11) is 0. The van der Waals surface area contributed by atoms with Crippen LogP contribution in [-0.2, 0) is 29.2 Å². The molecular weight excluding hydrogens is 544 g/mol. The number of aromatic nitrogens is 1. The summed E-state index contributed by atoms with van der Waals surface area (Å²) < 4.78 is 17.8. The zero-order valence-electron chi connectivity index (χ0n) is 24.0. The number of fused-ring (bicyclic) bond motifs is 1. The molecule has 0 saturated carbocycles. The van der Waals surface area contributed by atoms with Gasteiger partial charge in [0.1, 0.15) is 18.5 Å². The molecule has 1 aromatic heterocycles. The Morgan fingerprint density at radius 3 is 2.51 bits per heavy atom. The first kappa shape index (κ1) is 28.0. The van der Waals surface area contributed by atoms with Crippen molar-refractivity contribution in [2.24, 2.45) is 0 Å². The fourth-order valence-corrected chi connectivity index (χ4v) is 5.64. The number of hydrogen-bond acceptors (Lipinski definition) is 6. The normalized spacial score (nSPS) is 18.8. The van der Waals surface area contributed by atoms with Crippen molar-refractivity contribution in [2.45, 2.75) is 45.6 Å². The van der Waals surface area contributed by atoms with Gasteiger partial charge in [0.2, 0.25) is 5.78 Å². The van der Waals surface area contributed by atoms with Crippen LogP contribution in [0.2, 0.25) is 0 Å². The van der Waals surface area contributed by atoms with Gasteiger partial charge in [-0.2, -0.15) is 0 Å². The quantitative estimate of drug-likeness (QED) is 0.168. The number of amides is 1. The molecule has 0 spiro atoms. The smallest absolute Gasteiger partial charge is 0.295 e. The Kier molecular flexibility index (Phi) is 7.83. The molecule has 1 N–H and O–H groups in total. The first-order valence-electron chi connectivity index (χ1n) is 14.4. The maximum absolute atomic E-state index is 14.1. The summed E-state index contributed by atoms with van der Waals surface area (Å²) in [6.45, 7) is 4.70. The molecule has 8 nitrogen and oxygen atoms in total. The minimum absolute atomic E-state index is 0.00802. The third kappa shape index (κ3) is 5.68. The average molecular weight is 577 g/mol. The monoisotopic (exact) mass is 576 g/mol. The maximum Gasteiger partial charge on any atom is 0.295 e. The third-order valence-corrected chi connectivity index (χ3v) is 7.65. The van der Waals surface area contributed by atoms with Crippen LogP contribution in [0.5, 0.6) is 17.2 Å². The number of H-pyrrole nitrogens is 1. The molecule has 2 unspecified atom stereocenters. The first-order valence-corrected chi connectivity index (χ1v) is 14.4. The molecular formula is C35H32N2O6. The summed E-state index contributed by atoms with van der Waals surface area (Å²) in [6, 6.07) is 23.0. The molecule has 0 aliphatic carbocycles. The summed E-state index contributed by atoms with van der Waals surface area (Å²) in [5, 5.41) is 14.1. The fraction of sp³-hybridized carbons (Fsp3) is 0.229. The van der Waals surface area contributed by atoms with E-state index in [1.54, 1.807) is 48.8 Å². The number of aromatic amines is 1. The van der Waals surface area contributed by atoms with Gasteiger partial charge in [-0.25, -0.2) is 4.98 Å². The summed E-state index contributed by atoms with van der Waals surface area (Å²) in [4.78, 5) is 31.5. The molecule has 2 aliphatic rings. The summed E-state index contributed by atoms with van der Waals surface area (Å²) in [5.74, 6) is -0.277. The lowest BCUT2D eigenvalue weighted by Crippen LogP contribution is -2.29. The molecule has 43 heavy (non-hydrogen) atoms. The van der Waals surface area contributed by atoms with Crippen molar-refractivity contribution in [2.75, 3.05) is 6.61 Å². The van der Waals surface area contributed by atoms with Gasteiger partial charge in [0, 0.05) is 30.7 Å². The molecule has 3 aromatic carbocycles. The molecule has 4 aromatic rings. The third-order valence-electron chi connectivity index (χ3n) is 7.65. The van der Waals surface area contributed by atoms with Gasteiger partial charge in [0.05, 0.1) is 12.6 Å². The molecule has 6 rings (SSSR count). The number of nitrogens with one attached hydrogen (secondary N) is 1. The Labute approximate surface area is 250 Å². The second-order valence-electron chi connectivity index (χ2n) is 10.7. The Morgan fingerprint density at radius 1 is 0.953 bits per heavy atom. The number of ketones is 1. The molecule has 218 valence electrons. The van der Waals surface area contributed by atoms with Crippen molar-refractivity contribution in [3.8, 4) is 17.2 Å². The van der Waals surface area contributed by atoms with Crippen molar-refractivity contribution >= 4 is 17.4 Å². The highest BCUT2D eigenvalue weighted by molar-refractivity contribution is 6.46. The van der Waals surface area contributed by atoms with E-state index in [0.717, 1.165) is 22.4 Å². The van der Waals surface area contributed by atoms with E-state index < -0.39 is 23.5 Å². The van der Waals surface area contributed by atoms with Crippen LogP contribution in [-0.4, -0.2) is 29.3 Å². The molecule has 2 aliphatic heterocycles. The van der Waals surface area contributed by atoms with Gasteiger partial charge in [-0.05, 0) is 65.9 Å². The van der Waals surface area contributed by atoms with Gasteiger partial charge in [-0.15, -0.1) is 0 Å². The molecule has 1 fully saturated rings. The highest BCUT2D eigenvalue weighted by atomic mass is 16.5. The highest BCUT2D eigenvalue weighted by Gasteiger charge is 2.44. The van der Waals surface area contributed by atoms with Crippen molar-refractivity contribution in [3.63, 3.8) is 0 Å². The molecule has 8 heteroatoms. The van der Waals surface area contributed by atoms with Gasteiger partial charge in [-0.3, -0.25) is 9.59 Å². The topological polar surface area (TPSA) is 102 Å². The van der Waals surface area contributed by atoms with Gasteiger partial charge in [0.15, 0.2) is 23.9 Å². The molecule has 1 amide bonds. The van der Waals surface area contributed by atoms with Crippen LogP contribution in [0.1, 0.15) is 47.7 Å². The maximum atomic E-state index is 14.1. The van der Waals surface area contributed by atoms with E-state index in [0.29, 0.717) is 42.3 Å². The van der Waals surface area contributed by atoms with Crippen molar-refractivity contribution in [3.05, 3.63) is 125 Å². The lowest BCUT2D eigenvalue weighted by Gasteiger charge is -2.28. The van der Waals surface area contributed by atoms with Crippen LogP contribution in [0.4, 0.5) is 0 Å². The van der Waals surface area contributed by atoms with Crippen LogP contribution in [0, 0.1) is 0 Å². The second-order valence-corrected chi connectivity index (χ2v) is 10.7. The zero-order chi connectivity index (χ0) is 29.9. The van der Waals surface area contributed by atoms with E-state index in [-0.39, 0.29) is 18.2 Å². The number of Topliss-reactive ketones (excluding diaryl/α,β-unsaturated/α-hetero) is 1. The van der Waals surface area contributed by atoms with Crippen molar-refractivity contribution in [1.29, 1.82) is 0 Å². The lowest BCUT2D eigenvalue weighted by molar-refractivity contribution is -0.378. The number of carbonyl (C=O) groups is 2. The Bertz CT molecular complexity index is 1690. The SMILES string of the molecule is CCOc1cc(C2C(=C([O-])c3ccc4c(c3)CC(C)O4)C(=O)C(=O)N2Cc2cc[nH+]cc2)ccc1OCc1ccccc1. The van der Waals surface area contributed by atoms with Crippen LogP contribution in [0.25, 0.3) is 5.76 Å². The van der Waals surface area contributed by atoms with Crippen molar-refractivity contribution in [1.82, 2.24) is 4.90 Å².